The second-order valence-corrected chi connectivity index (χ2v) is 10.5. The fourth-order valence-electron chi connectivity index (χ4n) is 4.09. The lowest BCUT2D eigenvalue weighted by atomic mass is 9.85. The molecule has 2 aromatic heterocycles. The standard InChI is InChI=1S/C28H41N5O5.ClH/c1-9-21(10-2)38-25-11-18(3)26-31-32(27(29)33(26)30-25)15-24(34)19-12-20(28(4,5)6)14-22(13-19)37-23(16-35-7)17-36-8;/h11-14,21,23,29H,9-10,15-17H2,1-8H3;1H. The Morgan fingerprint density at radius 1 is 0.974 bits per heavy atom. The van der Waals surface area contributed by atoms with Gasteiger partial charge in [0.1, 0.15) is 18.4 Å². The highest BCUT2D eigenvalue weighted by Gasteiger charge is 2.21. The van der Waals surface area contributed by atoms with Gasteiger partial charge >= 0.3 is 0 Å². The predicted octanol–water partition coefficient (Wildman–Crippen LogP) is 4.53. The van der Waals surface area contributed by atoms with Crippen LogP contribution in [0.4, 0.5) is 0 Å². The van der Waals surface area contributed by atoms with Crippen molar-refractivity contribution in [2.24, 2.45) is 0 Å². The summed E-state index contributed by atoms with van der Waals surface area (Å²) in [4.78, 5) is 13.5. The van der Waals surface area contributed by atoms with Gasteiger partial charge in [0, 0.05) is 31.4 Å². The molecular weight excluding hydrogens is 522 g/mol. The van der Waals surface area contributed by atoms with E-state index in [1.54, 1.807) is 20.3 Å². The summed E-state index contributed by atoms with van der Waals surface area (Å²) in [6.45, 7) is 12.8. The maximum absolute atomic E-state index is 13.5. The summed E-state index contributed by atoms with van der Waals surface area (Å²) in [5.74, 6) is 0.810. The van der Waals surface area contributed by atoms with Crippen molar-refractivity contribution < 1.29 is 23.7 Å². The lowest BCUT2D eigenvalue weighted by Crippen LogP contribution is -2.28. The van der Waals surface area contributed by atoms with Gasteiger partial charge in [0.2, 0.25) is 11.5 Å². The maximum atomic E-state index is 13.5. The highest BCUT2D eigenvalue weighted by atomic mass is 35.5. The third-order valence-electron chi connectivity index (χ3n) is 6.35. The molecule has 216 valence electrons. The van der Waals surface area contributed by atoms with Gasteiger partial charge in [-0.25, -0.2) is 4.68 Å². The van der Waals surface area contributed by atoms with Gasteiger partial charge in [-0.3, -0.25) is 10.2 Å². The SMILES string of the molecule is CCC(CC)Oc1cc(C)c2nn(CC(=O)c3cc(OC(COC)COC)cc(C(C)(C)C)c3)c(=N)n2n1.Cl. The first-order valence-corrected chi connectivity index (χ1v) is 13.0. The van der Waals surface area contributed by atoms with Gasteiger partial charge in [-0.2, -0.15) is 4.52 Å². The molecule has 0 atom stereocenters. The van der Waals surface area contributed by atoms with Gasteiger partial charge in [0.25, 0.3) is 0 Å². The van der Waals surface area contributed by atoms with Gasteiger partial charge in [0.15, 0.2) is 11.4 Å². The van der Waals surface area contributed by atoms with E-state index in [0.29, 0.717) is 36.1 Å². The highest BCUT2D eigenvalue weighted by Crippen LogP contribution is 2.29. The number of benzene rings is 1. The topological polar surface area (TPSA) is 113 Å². The maximum Gasteiger partial charge on any atom is 0.242 e. The first kappa shape index (κ1) is 32.3. The molecule has 39 heavy (non-hydrogen) atoms. The minimum absolute atomic E-state index is 0. The van der Waals surface area contributed by atoms with Crippen molar-refractivity contribution in [1.82, 2.24) is 19.4 Å². The Morgan fingerprint density at radius 2 is 1.62 bits per heavy atom. The number of carbonyl (C=O) groups excluding carboxylic acids is 1. The Bertz CT molecular complexity index is 1300. The van der Waals surface area contributed by atoms with Gasteiger partial charge in [0.05, 0.1) is 19.3 Å². The van der Waals surface area contributed by atoms with Crippen LogP contribution in [-0.4, -0.2) is 64.8 Å². The summed E-state index contributed by atoms with van der Waals surface area (Å²) in [5, 5.41) is 17.6. The van der Waals surface area contributed by atoms with E-state index < -0.39 is 0 Å². The Morgan fingerprint density at radius 3 is 2.18 bits per heavy atom. The molecule has 1 N–H and O–H groups in total. The average Bonchev–Trinajstić information content (AvgIpc) is 3.17. The van der Waals surface area contributed by atoms with Crippen LogP contribution >= 0.6 is 12.4 Å². The van der Waals surface area contributed by atoms with E-state index in [0.717, 1.165) is 24.0 Å². The number of carbonyl (C=O) groups is 1. The van der Waals surface area contributed by atoms with Crippen molar-refractivity contribution in [2.45, 2.75) is 78.6 Å². The lowest BCUT2D eigenvalue weighted by molar-refractivity contribution is 0.0244. The minimum Gasteiger partial charge on any atom is -0.486 e. The molecule has 0 aliphatic carbocycles. The number of hydrogen-bond donors (Lipinski definition) is 1. The number of Topliss-reactive ketones (excluding diaryl/α,β-unsaturated/α-hetero) is 1. The van der Waals surface area contributed by atoms with Crippen molar-refractivity contribution in [3.63, 3.8) is 0 Å². The number of nitrogens with one attached hydrogen (secondary N) is 1. The molecule has 0 spiro atoms. The number of aromatic nitrogens is 4. The van der Waals surface area contributed by atoms with Crippen LogP contribution in [0.25, 0.3) is 5.65 Å². The number of nitrogens with zero attached hydrogens (tertiary/aromatic N) is 4. The molecule has 0 fully saturated rings. The van der Waals surface area contributed by atoms with Gasteiger partial charge in [-0.05, 0) is 48.9 Å². The third-order valence-corrected chi connectivity index (χ3v) is 6.35. The Kier molecular flexibility index (Phi) is 11.5. The van der Waals surface area contributed by atoms with Gasteiger partial charge in [-0.15, -0.1) is 22.6 Å². The number of hydrogen-bond acceptors (Lipinski definition) is 8. The first-order valence-electron chi connectivity index (χ1n) is 13.0. The van der Waals surface area contributed by atoms with E-state index in [4.69, 9.17) is 24.4 Å². The van der Waals surface area contributed by atoms with E-state index in [1.807, 2.05) is 25.1 Å². The molecule has 11 heteroatoms. The first-order chi connectivity index (χ1) is 18.0. The van der Waals surface area contributed by atoms with Crippen LogP contribution in [0.3, 0.4) is 0 Å². The average molecular weight is 564 g/mol. The lowest BCUT2D eigenvalue weighted by Gasteiger charge is -2.23. The molecule has 3 aromatic rings. The number of ether oxygens (including phenoxy) is 4. The molecule has 0 aliphatic heterocycles. The summed E-state index contributed by atoms with van der Waals surface area (Å²) in [6, 6.07) is 7.36. The number of aryl methyl sites for hydroxylation is 1. The van der Waals surface area contributed by atoms with E-state index in [-0.39, 0.29) is 48.0 Å². The fourth-order valence-corrected chi connectivity index (χ4v) is 4.09. The third kappa shape index (κ3) is 8.03. The molecule has 1 aromatic carbocycles. The smallest absolute Gasteiger partial charge is 0.242 e. The molecule has 0 saturated heterocycles. The summed E-state index contributed by atoms with van der Waals surface area (Å²) >= 11 is 0. The Hall–Kier alpha value is -2.95. The number of fused-ring (bicyclic) bond motifs is 1. The molecule has 0 radical (unpaired) electrons. The second kappa shape index (κ2) is 13.9. The summed E-state index contributed by atoms with van der Waals surface area (Å²) in [5.41, 5.74) is 2.54. The molecule has 10 nitrogen and oxygen atoms in total. The molecule has 0 unspecified atom stereocenters. The van der Waals surface area contributed by atoms with Crippen LogP contribution in [0, 0.1) is 12.3 Å². The van der Waals surface area contributed by atoms with E-state index in [1.165, 1.54) is 9.20 Å². The van der Waals surface area contributed by atoms with Gasteiger partial charge < -0.3 is 18.9 Å². The van der Waals surface area contributed by atoms with E-state index in [9.17, 15) is 4.79 Å². The fraction of sp³-hybridized carbons (Fsp3) is 0.571. The molecule has 0 bridgehead atoms. The number of methoxy groups -OCH3 is 2. The highest BCUT2D eigenvalue weighted by molar-refractivity contribution is 5.96. The van der Waals surface area contributed by atoms with Crippen LogP contribution < -0.4 is 15.1 Å². The Labute approximate surface area is 236 Å². The predicted molar refractivity (Wildman–Crippen MR) is 151 cm³/mol. The molecular formula is C28H42ClN5O5. The number of rotatable bonds is 13. The molecule has 3 rings (SSSR count). The quantitative estimate of drug-likeness (QED) is 0.304. The summed E-state index contributed by atoms with van der Waals surface area (Å²) in [7, 11) is 3.21. The van der Waals surface area contributed by atoms with Crippen molar-refractivity contribution in [3.8, 4) is 11.6 Å². The molecule has 2 heterocycles. The van der Waals surface area contributed by atoms with Crippen LogP contribution in [0.1, 0.15) is 68.9 Å². The van der Waals surface area contributed by atoms with Crippen molar-refractivity contribution in [2.75, 3.05) is 27.4 Å². The van der Waals surface area contributed by atoms with E-state index >= 15 is 0 Å². The van der Waals surface area contributed by atoms with Crippen molar-refractivity contribution in [1.29, 1.82) is 5.41 Å². The minimum atomic E-state index is -0.318. The van der Waals surface area contributed by atoms with Crippen LogP contribution in [0.15, 0.2) is 24.3 Å². The zero-order chi connectivity index (χ0) is 28.0. The largest absolute Gasteiger partial charge is 0.486 e. The van der Waals surface area contributed by atoms with Crippen LogP contribution in [0.2, 0.25) is 0 Å². The number of halogens is 1. The monoisotopic (exact) mass is 563 g/mol. The number of ketones is 1. The molecule has 0 saturated carbocycles. The van der Waals surface area contributed by atoms with E-state index in [2.05, 4.69) is 44.8 Å². The summed E-state index contributed by atoms with van der Waals surface area (Å²) < 4.78 is 25.4. The second-order valence-electron chi connectivity index (χ2n) is 10.5. The normalized spacial score (nSPS) is 11.7. The summed E-state index contributed by atoms with van der Waals surface area (Å²) in [6.07, 6.45) is 1.45. The van der Waals surface area contributed by atoms with Crippen molar-refractivity contribution >= 4 is 23.8 Å². The Balaban J connectivity index is 0.00000533. The van der Waals surface area contributed by atoms with Crippen LogP contribution in [0.5, 0.6) is 11.6 Å². The molecule has 0 aliphatic rings. The zero-order valence-electron chi connectivity index (χ0n) is 24.2. The molecule has 0 amide bonds. The van der Waals surface area contributed by atoms with Crippen LogP contribution in [-0.2, 0) is 21.4 Å². The van der Waals surface area contributed by atoms with Gasteiger partial charge in [-0.1, -0.05) is 34.6 Å². The van der Waals surface area contributed by atoms with Crippen molar-refractivity contribution in [3.05, 3.63) is 46.6 Å². The zero-order valence-corrected chi connectivity index (χ0v) is 25.1.